The number of hydrogen-bond donors (Lipinski definition) is 9. The number of ether oxygens (including phenoxy) is 4. The average Bonchev–Trinajstić information content (AvgIpc) is 3.29. The van der Waals surface area contributed by atoms with E-state index in [2.05, 4.69) is 13.8 Å². The minimum absolute atomic E-state index is 0.0395. The summed E-state index contributed by atoms with van der Waals surface area (Å²) in [6.45, 7) is 2.23. The molecule has 0 amide bonds. The van der Waals surface area contributed by atoms with E-state index in [9.17, 15) is 59.9 Å². The van der Waals surface area contributed by atoms with Gasteiger partial charge in [0.1, 0.15) is 67.6 Å². The van der Waals surface area contributed by atoms with E-state index in [0.717, 1.165) is 51.4 Å². The molecule has 18 nitrogen and oxygen atoms in total. The SMILES string of the molecule is CCCCCCCCCCCCCCCC(=O)OCC(COP(=O)(O)OC1C(O)C(O)C(O)C(O)C1OC1OC(CO)C(O)C(O)C1O)OC(=O)CCCCCCCCCCCCCCC. The zero-order valence-electron chi connectivity index (χ0n) is 40.0. The highest BCUT2D eigenvalue weighted by Crippen LogP contribution is 2.48. The second-order valence-electron chi connectivity index (χ2n) is 18.4. The van der Waals surface area contributed by atoms with Crippen LogP contribution in [-0.4, -0.2) is 151 Å². The van der Waals surface area contributed by atoms with Gasteiger partial charge in [-0.15, -0.1) is 0 Å². The van der Waals surface area contributed by atoms with E-state index in [0.29, 0.717) is 12.8 Å². The van der Waals surface area contributed by atoms with Gasteiger partial charge in [-0.2, -0.15) is 0 Å². The number of phosphoric ester groups is 1. The first kappa shape index (κ1) is 60.8. The smallest absolute Gasteiger partial charge is 0.462 e. The van der Waals surface area contributed by atoms with E-state index in [-0.39, 0.29) is 12.8 Å². The molecule has 1 aliphatic heterocycles. The second kappa shape index (κ2) is 35.7. The highest BCUT2D eigenvalue weighted by molar-refractivity contribution is 7.47. The highest BCUT2D eigenvalue weighted by atomic mass is 31.2. The molecule has 0 spiro atoms. The molecule has 2 aliphatic rings. The van der Waals surface area contributed by atoms with Crippen molar-refractivity contribution >= 4 is 19.8 Å². The van der Waals surface area contributed by atoms with Crippen molar-refractivity contribution in [2.45, 2.75) is 267 Å². The lowest BCUT2D eigenvalue weighted by atomic mass is 9.84. The van der Waals surface area contributed by atoms with Crippen molar-refractivity contribution in [1.29, 1.82) is 0 Å². The Kier molecular flexibility index (Phi) is 32.9. The summed E-state index contributed by atoms with van der Waals surface area (Å²) in [5, 5.41) is 82.9. The quantitative estimate of drug-likeness (QED) is 0.0207. The van der Waals surface area contributed by atoms with Gasteiger partial charge in [0.25, 0.3) is 0 Å². The Morgan fingerprint density at radius 1 is 0.515 bits per heavy atom. The molecule has 19 heteroatoms. The molecule has 390 valence electrons. The number of aliphatic hydroxyl groups is 8. The van der Waals surface area contributed by atoms with Crippen molar-refractivity contribution < 1.29 is 87.9 Å². The molecule has 13 atom stereocenters. The molecule has 0 radical (unpaired) electrons. The summed E-state index contributed by atoms with van der Waals surface area (Å²) in [4.78, 5) is 36.5. The van der Waals surface area contributed by atoms with Crippen LogP contribution in [0, 0.1) is 0 Å². The van der Waals surface area contributed by atoms with Gasteiger partial charge in [-0.05, 0) is 12.8 Å². The van der Waals surface area contributed by atoms with Crippen molar-refractivity contribution in [3.8, 4) is 0 Å². The Bertz CT molecular complexity index is 1300. The van der Waals surface area contributed by atoms with Crippen LogP contribution in [0.1, 0.15) is 194 Å². The highest BCUT2D eigenvalue weighted by Gasteiger charge is 2.55. The topological polar surface area (TPSA) is 289 Å². The van der Waals surface area contributed by atoms with E-state index in [1.807, 2.05) is 0 Å². The number of carbonyl (C=O) groups excluding carboxylic acids is 2. The molecule has 9 N–H and O–H groups in total. The van der Waals surface area contributed by atoms with Gasteiger partial charge in [-0.3, -0.25) is 18.6 Å². The number of aliphatic hydroxyl groups excluding tert-OH is 8. The minimum Gasteiger partial charge on any atom is -0.462 e. The third-order valence-corrected chi connectivity index (χ3v) is 13.5. The molecular weight excluding hydrogens is 883 g/mol. The Balaban J connectivity index is 1.95. The van der Waals surface area contributed by atoms with Gasteiger partial charge in [-0.1, -0.05) is 168 Å². The van der Waals surface area contributed by atoms with E-state index < -0.39 is 113 Å². The van der Waals surface area contributed by atoms with Gasteiger partial charge in [-0.25, -0.2) is 4.57 Å². The van der Waals surface area contributed by atoms with E-state index in [4.69, 9.17) is 28.0 Å². The Morgan fingerprint density at radius 3 is 1.35 bits per heavy atom. The first-order chi connectivity index (χ1) is 31.7. The maximum Gasteiger partial charge on any atom is 0.472 e. The molecule has 2 fully saturated rings. The maximum atomic E-state index is 13.4. The predicted octanol–water partition coefficient (Wildman–Crippen LogP) is 5.55. The normalized spacial score (nSPS) is 28.2. The molecule has 0 aromatic carbocycles. The number of unbranched alkanes of at least 4 members (excludes halogenated alkanes) is 24. The van der Waals surface area contributed by atoms with Crippen LogP contribution in [0.15, 0.2) is 0 Å². The lowest BCUT2D eigenvalue weighted by molar-refractivity contribution is -0.338. The first-order valence-electron chi connectivity index (χ1n) is 25.4. The summed E-state index contributed by atoms with van der Waals surface area (Å²) < 4.78 is 45.4. The van der Waals surface area contributed by atoms with Crippen LogP contribution in [-0.2, 0) is 42.1 Å². The van der Waals surface area contributed by atoms with E-state index in [1.165, 1.54) is 103 Å². The van der Waals surface area contributed by atoms with Crippen LogP contribution in [0.3, 0.4) is 0 Å². The number of carbonyl (C=O) groups is 2. The van der Waals surface area contributed by atoms with Gasteiger partial charge in [0, 0.05) is 12.8 Å². The largest absolute Gasteiger partial charge is 0.472 e. The van der Waals surface area contributed by atoms with Gasteiger partial charge in [0.2, 0.25) is 0 Å². The second-order valence-corrected chi connectivity index (χ2v) is 19.8. The number of esters is 2. The Labute approximate surface area is 393 Å². The monoisotopic (exact) mass is 973 g/mol. The summed E-state index contributed by atoms with van der Waals surface area (Å²) >= 11 is 0. The van der Waals surface area contributed by atoms with E-state index >= 15 is 0 Å². The lowest BCUT2D eigenvalue weighted by Gasteiger charge is -2.47. The first-order valence-corrected chi connectivity index (χ1v) is 26.9. The van der Waals surface area contributed by atoms with Crippen LogP contribution in [0.2, 0.25) is 0 Å². The minimum atomic E-state index is -5.37. The molecular formula is C47H89O18P. The summed E-state index contributed by atoms with van der Waals surface area (Å²) in [5.41, 5.74) is 0. The average molecular weight is 973 g/mol. The fourth-order valence-electron chi connectivity index (χ4n) is 8.35. The molecule has 0 aromatic rings. The molecule has 2 rings (SSSR count). The van der Waals surface area contributed by atoms with Crippen LogP contribution < -0.4 is 0 Å². The maximum absolute atomic E-state index is 13.4. The summed E-state index contributed by atoms with van der Waals surface area (Å²) in [7, 11) is -5.37. The Morgan fingerprint density at radius 2 is 0.909 bits per heavy atom. The molecule has 1 aliphatic carbocycles. The third kappa shape index (κ3) is 24.5. The fourth-order valence-corrected chi connectivity index (χ4v) is 9.32. The molecule has 13 unspecified atom stereocenters. The predicted molar refractivity (Wildman–Crippen MR) is 245 cm³/mol. The lowest BCUT2D eigenvalue weighted by Crippen LogP contribution is -2.67. The van der Waals surface area contributed by atoms with Crippen molar-refractivity contribution in [2.24, 2.45) is 0 Å². The molecule has 0 aromatic heterocycles. The summed E-state index contributed by atoms with van der Waals surface area (Å²) in [6.07, 6.45) is 6.17. The number of phosphoric acid groups is 1. The summed E-state index contributed by atoms with van der Waals surface area (Å²) in [6, 6.07) is 0. The van der Waals surface area contributed by atoms with Gasteiger partial charge >= 0.3 is 19.8 Å². The van der Waals surface area contributed by atoms with Crippen molar-refractivity contribution in [1.82, 2.24) is 0 Å². The zero-order chi connectivity index (χ0) is 48.7. The molecule has 1 saturated heterocycles. The molecule has 1 heterocycles. The standard InChI is InChI=1S/C47H89O18P/c1-3-5-7-9-11-13-15-17-19-21-23-25-27-29-36(49)60-32-34(62-37(50)30-28-26-24-22-20-18-16-14-12-10-8-6-4-2)33-61-66(58,59)65-46-43(56)41(54)40(53)42(55)45(46)64-47-44(57)39(52)38(51)35(31-48)63-47/h34-35,38-48,51-57H,3-33H2,1-2H3,(H,58,59). The third-order valence-electron chi connectivity index (χ3n) is 12.6. The molecule has 1 saturated carbocycles. The van der Waals surface area contributed by atoms with Gasteiger partial charge in [0.15, 0.2) is 12.4 Å². The molecule has 66 heavy (non-hydrogen) atoms. The summed E-state index contributed by atoms with van der Waals surface area (Å²) in [5.74, 6) is -1.21. The zero-order valence-corrected chi connectivity index (χ0v) is 40.9. The number of rotatable bonds is 39. The van der Waals surface area contributed by atoms with Crippen LogP contribution in [0.5, 0.6) is 0 Å². The van der Waals surface area contributed by atoms with Crippen molar-refractivity contribution in [3.63, 3.8) is 0 Å². The van der Waals surface area contributed by atoms with E-state index in [1.54, 1.807) is 0 Å². The van der Waals surface area contributed by atoms with Crippen LogP contribution in [0.4, 0.5) is 0 Å². The Hall–Kier alpha value is -1.35. The molecule has 0 bridgehead atoms. The van der Waals surface area contributed by atoms with Gasteiger partial charge in [0.05, 0.1) is 13.2 Å². The van der Waals surface area contributed by atoms with Gasteiger partial charge < -0.3 is 64.7 Å². The van der Waals surface area contributed by atoms with Crippen LogP contribution in [0.25, 0.3) is 0 Å². The van der Waals surface area contributed by atoms with Crippen molar-refractivity contribution in [3.05, 3.63) is 0 Å². The van der Waals surface area contributed by atoms with Crippen LogP contribution >= 0.6 is 7.82 Å². The number of hydrogen-bond acceptors (Lipinski definition) is 17. The fraction of sp³-hybridized carbons (Fsp3) is 0.957. The van der Waals surface area contributed by atoms with Crippen molar-refractivity contribution in [2.75, 3.05) is 19.8 Å².